The number of rotatable bonds is 3. The summed E-state index contributed by atoms with van der Waals surface area (Å²) < 4.78 is 0. The third kappa shape index (κ3) is 10.6. The fourth-order valence-corrected chi connectivity index (χ4v) is 0.295. The number of nitrogens with zero attached hydrogens (tertiary/aromatic N) is 4. The van der Waals surface area contributed by atoms with E-state index in [1.807, 2.05) is 12.1 Å². The van der Waals surface area contributed by atoms with Crippen LogP contribution in [0.3, 0.4) is 0 Å². The Morgan fingerprint density at radius 1 is 0.875 bits per heavy atom. The molecule has 0 aliphatic heterocycles. The molecule has 0 aromatic carbocycles. The Hall–Kier alpha value is -1.50. The van der Waals surface area contributed by atoms with E-state index in [1.54, 1.807) is 27.7 Å². The standard InChI is InChI=1S/C8H12N4.C2H6O2/c1-7(2,5-9)11-12-8(3,4)6-10;3-1-2-4/h1-4H3;3-4H,1-2H2/b12-11+;. The minimum atomic E-state index is -0.839. The molecule has 16 heavy (non-hydrogen) atoms. The topological polar surface area (TPSA) is 113 Å². The van der Waals surface area contributed by atoms with Crippen molar-refractivity contribution in [1.82, 2.24) is 0 Å². The first kappa shape index (κ1) is 16.9. The fraction of sp³-hybridized carbons (Fsp3) is 0.800. The van der Waals surface area contributed by atoms with E-state index in [2.05, 4.69) is 10.2 Å². The monoisotopic (exact) mass is 226 g/mol. The summed E-state index contributed by atoms with van der Waals surface area (Å²) in [4.78, 5) is 0. The van der Waals surface area contributed by atoms with Crippen LogP contribution in [0.1, 0.15) is 27.7 Å². The molecule has 2 N–H and O–H groups in total. The van der Waals surface area contributed by atoms with Gasteiger partial charge in [0.1, 0.15) is 0 Å². The largest absolute Gasteiger partial charge is 0.394 e. The molecule has 0 spiro atoms. The van der Waals surface area contributed by atoms with Gasteiger partial charge in [-0.3, -0.25) is 0 Å². The van der Waals surface area contributed by atoms with Crippen molar-refractivity contribution in [3.8, 4) is 12.1 Å². The molecule has 0 atom stereocenters. The molecule has 0 heterocycles. The predicted molar refractivity (Wildman–Crippen MR) is 58.4 cm³/mol. The summed E-state index contributed by atoms with van der Waals surface area (Å²) in [5.74, 6) is 0. The van der Waals surface area contributed by atoms with E-state index in [0.717, 1.165) is 0 Å². The molecule has 6 heteroatoms. The van der Waals surface area contributed by atoms with Gasteiger partial charge in [-0.25, -0.2) is 0 Å². The summed E-state index contributed by atoms with van der Waals surface area (Å²) >= 11 is 0. The maximum absolute atomic E-state index is 8.58. The normalized spacial score (nSPS) is 11.2. The van der Waals surface area contributed by atoms with Crippen LogP contribution >= 0.6 is 0 Å². The van der Waals surface area contributed by atoms with Crippen LogP contribution in [0, 0.1) is 22.7 Å². The Balaban J connectivity index is 0. The molecule has 0 unspecified atom stereocenters. The molecule has 0 fully saturated rings. The molecule has 0 saturated heterocycles. The van der Waals surface area contributed by atoms with Crippen molar-refractivity contribution in [3.05, 3.63) is 0 Å². The van der Waals surface area contributed by atoms with Crippen LogP contribution in [0.15, 0.2) is 10.2 Å². The lowest BCUT2D eigenvalue weighted by Crippen LogP contribution is -2.17. The van der Waals surface area contributed by atoms with Crippen molar-refractivity contribution in [3.63, 3.8) is 0 Å². The molecule has 0 rings (SSSR count). The molecule has 0 aromatic heterocycles. The molecule has 0 saturated carbocycles. The van der Waals surface area contributed by atoms with Crippen molar-refractivity contribution in [2.24, 2.45) is 10.2 Å². The zero-order valence-corrected chi connectivity index (χ0v) is 10.1. The van der Waals surface area contributed by atoms with Gasteiger partial charge in [-0.1, -0.05) is 0 Å². The van der Waals surface area contributed by atoms with Crippen LogP contribution in [0.25, 0.3) is 0 Å². The minimum Gasteiger partial charge on any atom is -0.394 e. The van der Waals surface area contributed by atoms with Crippen molar-refractivity contribution in [2.45, 2.75) is 38.8 Å². The first-order chi connectivity index (χ1) is 7.24. The summed E-state index contributed by atoms with van der Waals surface area (Å²) in [6.07, 6.45) is 0. The van der Waals surface area contributed by atoms with E-state index in [4.69, 9.17) is 20.7 Å². The average molecular weight is 226 g/mol. The van der Waals surface area contributed by atoms with Gasteiger partial charge in [0.2, 0.25) is 0 Å². The van der Waals surface area contributed by atoms with E-state index < -0.39 is 11.1 Å². The van der Waals surface area contributed by atoms with Gasteiger partial charge in [0.25, 0.3) is 0 Å². The Kier molecular flexibility index (Phi) is 8.19. The Labute approximate surface area is 95.8 Å². The summed E-state index contributed by atoms with van der Waals surface area (Å²) in [6.45, 7) is 6.32. The number of hydrogen-bond donors (Lipinski definition) is 2. The number of hydrogen-bond acceptors (Lipinski definition) is 6. The summed E-state index contributed by atoms with van der Waals surface area (Å²) in [7, 11) is 0. The SMILES string of the molecule is CC(C)(C#N)/N=N/C(C)(C)C#N.OCCO. The number of aliphatic hydroxyl groups excluding tert-OH is 2. The molecule has 0 aliphatic carbocycles. The van der Waals surface area contributed by atoms with E-state index in [9.17, 15) is 0 Å². The number of azo groups is 1. The zero-order valence-electron chi connectivity index (χ0n) is 10.1. The van der Waals surface area contributed by atoms with Gasteiger partial charge in [0.05, 0.1) is 25.4 Å². The highest BCUT2D eigenvalue weighted by atomic mass is 16.3. The molecule has 0 radical (unpaired) electrons. The molecule has 0 aromatic rings. The molecule has 0 amide bonds. The van der Waals surface area contributed by atoms with Gasteiger partial charge < -0.3 is 10.2 Å². The van der Waals surface area contributed by atoms with Crippen molar-refractivity contribution >= 4 is 0 Å². The second-order valence-electron chi connectivity index (χ2n) is 3.99. The molecular formula is C10H18N4O2. The third-order valence-corrected chi connectivity index (χ3v) is 1.20. The lowest BCUT2D eigenvalue weighted by molar-refractivity contribution is 0.186. The second kappa shape index (κ2) is 7.75. The van der Waals surface area contributed by atoms with Crippen LogP contribution in [0.5, 0.6) is 0 Å². The van der Waals surface area contributed by atoms with E-state index in [0.29, 0.717) is 0 Å². The predicted octanol–water partition coefficient (Wildman–Crippen LogP) is 1.01. The smallest absolute Gasteiger partial charge is 0.162 e. The second-order valence-corrected chi connectivity index (χ2v) is 3.99. The summed E-state index contributed by atoms with van der Waals surface area (Å²) in [6, 6.07) is 3.94. The van der Waals surface area contributed by atoms with Crippen LogP contribution in [-0.2, 0) is 0 Å². The first-order valence-corrected chi connectivity index (χ1v) is 4.73. The lowest BCUT2D eigenvalue weighted by Gasteiger charge is -2.11. The highest BCUT2D eigenvalue weighted by Crippen LogP contribution is 2.13. The number of aliphatic hydroxyl groups is 2. The van der Waals surface area contributed by atoms with Crippen LogP contribution in [0.2, 0.25) is 0 Å². The van der Waals surface area contributed by atoms with Gasteiger partial charge in [-0.15, -0.1) is 0 Å². The van der Waals surface area contributed by atoms with Crippen LogP contribution < -0.4 is 0 Å². The van der Waals surface area contributed by atoms with Crippen LogP contribution in [-0.4, -0.2) is 34.5 Å². The average Bonchev–Trinajstić information content (AvgIpc) is 2.27. The first-order valence-electron chi connectivity index (χ1n) is 4.73. The highest BCUT2D eigenvalue weighted by molar-refractivity contribution is 5.03. The summed E-state index contributed by atoms with van der Waals surface area (Å²) in [5.41, 5.74) is -1.68. The molecule has 90 valence electrons. The number of nitriles is 2. The van der Waals surface area contributed by atoms with Gasteiger partial charge in [0, 0.05) is 0 Å². The summed E-state index contributed by atoms with van der Waals surface area (Å²) in [5, 5.41) is 39.9. The quantitative estimate of drug-likeness (QED) is 0.699. The van der Waals surface area contributed by atoms with Crippen molar-refractivity contribution in [1.29, 1.82) is 10.5 Å². The Morgan fingerprint density at radius 2 is 1.12 bits per heavy atom. The van der Waals surface area contributed by atoms with Crippen molar-refractivity contribution in [2.75, 3.05) is 13.2 Å². The fourth-order valence-electron chi connectivity index (χ4n) is 0.295. The van der Waals surface area contributed by atoms with E-state index in [-0.39, 0.29) is 13.2 Å². The van der Waals surface area contributed by atoms with Gasteiger partial charge in [0.15, 0.2) is 11.1 Å². The third-order valence-electron chi connectivity index (χ3n) is 1.20. The minimum absolute atomic E-state index is 0.125. The Bertz CT molecular complexity index is 267. The molecule has 0 bridgehead atoms. The molecule has 6 nitrogen and oxygen atoms in total. The van der Waals surface area contributed by atoms with Crippen LogP contribution in [0.4, 0.5) is 0 Å². The lowest BCUT2D eigenvalue weighted by atomic mass is 10.1. The van der Waals surface area contributed by atoms with Gasteiger partial charge in [-0.2, -0.15) is 20.8 Å². The highest BCUT2D eigenvalue weighted by Gasteiger charge is 2.19. The molecular weight excluding hydrogens is 208 g/mol. The van der Waals surface area contributed by atoms with Gasteiger partial charge >= 0.3 is 0 Å². The maximum Gasteiger partial charge on any atom is 0.162 e. The maximum atomic E-state index is 8.58. The Morgan fingerprint density at radius 3 is 1.25 bits per heavy atom. The van der Waals surface area contributed by atoms with E-state index in [1.165, 1.54) is 0 Å². The zero-order chi connectivity index (χ0) is 13.2. The van der Waals surface area contributed by atoms with Crippen molar-refractivity contribution < 1.29 is 10.2 Å². The molecule has 0 aliphatic rings. The van der Waals surface area contributed by atoms with E-state index >= 15 is 0 Å². The van der Waals surface area contributed by atoms with Gasteiger partial charge in [-0.05, 0) is 27.7 Å².